The zero-order valence-corrected chi connectivity index (χ0v) is 10.4. The topological polar surface area (TPSA) is 40.5 Å². The van der Waals surface area contributed by atoms with Crippen molar-refractivity contribution >= 4 is 40.5 Å². The highest BCUT2D eigenvalue weighted by Gasteiger charge is 2.15. The van der Waals surface area contributed by atoms with Crippen molar-refractivity contribution in [2.45, 2.75) is 0 Å². The Morgan fingerprint density at radius 1 is 1.29 bits per heavy atom. The standard InChI is InChI=1S/C12H9NO2S2/c14-8-11-10(6-7-17-11)12(16)13(15)9-4-2-1-3-5-9/h1-8,15H. The average molecular weight is 263 g/mol. The molecule has 1 heterocycles. The van der Waals surface area contributed by atoms with Crippen molar-refractivity contribution in [3.8, 4) is 0 Å². The van der Waals surface area contributed by atoms with Gasteiger partial charge in [-0.2, -0.15) is 0 Å². The third kappa shape index (κ3) is 2.41. The van der Waals surface area contributed by atoms with Gasteiger partial charge in [0.2, 0.25) is 0 Å². The first-order chi connectivity index (χ1) is 8.24. The lowest BCUT2D eigenvalue weighted by atomic mass is 10.2. The van der Waals surface area contributed by atoms with E-state index >= 15 is 0 Å². The highest BCUT2D eigenvalue weighted by molar-refractivity contribution is 7.81. The van der Waals surface area contributed by atoms with Gasteiger partial charge in [-0.1, -0.05) is 30.4 Å². The summed E-state index contributed by atoms with van der Waals surface area (Å²) in [4.78, 5) is 11.5. The lowest BCUT2D eigenvalue weighted by Crippen LogP contribution is -2.26. The molecular formula is C12H9NO2S2. The number of rotatable bonds is 3. The van der Waals surface area contributed by atoms with Crippen LogP contribution in [0.2, 0.25) is 0 Å². The lowest BCUT2D eigenvalue weighted by molar-refractivity contribution is 0.112. The minimum atomic E-state index is 0.222. The van der Waals surface area contributed by atoms with Gasteiger partial charge < -0.3 is 0 Å². The number of thiophene rings is 1. The summed E-state index contributed by atoms with van der Waals surface area (Å²) in [6, 6.07) is 10.6. The number of carbonyl (C=O) groups excluding carboxylic acids is 1. The summed E-state index contributed by atoms with van der Waals surface area (Å²) >= 11 is 6.45. The molecular weight excluding hydrogens is 254 g/mol. The van der Waals surface area contributed by atoms with Crippen LogP contribution in [0.25, 0.3) is 0 Å². The van der Waals surface area contributed by atoms with Gasteiger partial charge in [0.25, 0.3) is 0 Å². The Hall–Kier alpha value is -1.56. The molecule has 1 aromatic carbocycles. The fourth-order valence-electron chi connectivity index (χ4n) is 1.39. The Balaban J connectivity index is 2.30. The molecule has 0 fully saturated rings. The molecule has 0 bridgehead atoms. The van der Waals surface area contributed by atoms with Crippen molar-refractivity contribution in [1.82, 2.24) is 0 Å². The van der Waals surface area contributed by atoms with Crippen LogP contribution >= 0.6 is 23.6 Å². The van der Waals surface area contributed by atoms with Gasteiger partial charge in [-0.05, 0) is 23.6 Å². The van der Waals surface area contributed by atoms with E-state index in [0.717, 1.165) is 11.3 Å². The van der Waals surface area contributed by atoms with Crippen molar-refractivity contribution < 1.29 is 10.0 Å². The minimum absolute atomic E-state index is 0.222. The maximum atomic E-state index is 10.8. The van der Waals surface area contributed by atoms with E-state index in [9.17, 15) is 10.0 Å². The van der Waals surface area contributed by atoms with E-state index in [1.165, 1.54) is 11.3 Å². The number of carbonyl (C=O) groups is 1. The van der Waals surface area contributed by atoms with Gasteiger partial charge in [-0.15, -0.1) is 11.3 Å². The molecule has 0 aliphatic heterocycles. The van der Waals surface area contributed by atoms with E-state index in [-0.39, 0.29) is 4.99 Å². The first kappa shape index (κ1) is 11.9. The fraction of sp³-hybridized carbons (Fsp3) is 0. The predicted octanol–water partition coefficient (Wildman–Crippen LogP) is 3.13. The van der Waals surface area contributed by atoms with Gasteiger partial charge in [0, 0.05) is 5.56 Å². The van der Waals surface area contributed by atoms with E-state index < -0.39 is 0 Å². The molecule has 1 aromatic heterocycles. The lowest BCUT2D eigenvalue weighted by Gasteiger charge is -2.17. The van der Waals surface area contributed by atoms with Gasteiger partial charge in [-0.25, -0.2) is 5.06 Å². The van der Waals surface area contributed by atoms with Gasteiger partial charge >= 0.3 is 0 Å². The number of thiocarbonyl (C=S) groups is 1. The van der Waals surface area contributed by atoms with Gasteiger partial charge in [0.05, 0.1) is 10.6 Å². The molecule has 17 heavy (non-hydrogen) atoms. The quantitative estimate of drug-likeness (QED) is 0.525. The second-order valence-corrected chi connectivity index (χ2v) is 4.60. The number of hydrogen-bond acceptors (Lipinski definition) is 4. The van der Waals surface area contributed by atoms with Crippen molar-refractivity contribution in [2.75, 3.05) is 5.06 Å². The molecule has 0 radical (unpaired) electrons. The van der Waals surface area contributed by atoms with Crippen LogP contribution in [0, 0.1) is 0 Å². The number of anilines is 1. The molecule has 0 aliphatic carbocycles. The molecule has 0 spiro atoms. The summed E-state index contributed by atoms with van der Waals surface area (Å²) in [5.74, 6) is 0. The normalized spacial score (nSPS) is 9.94. The number of hydroxylamine groups is 1. The number of benzene rings is 1. The molecule has 5 heteroatoms. The summed E-state index contributed by atoms with van der Waals surface area (Å²) in [7, 11) is 0. The smallest absolute Gasteiger partial charge is 0.160 e. The molecule has 2 rings (SSSR count). The maximum Gasteiger partial charge on any atom is 0.160 e. The third-order valence-electron chi connectivity index (χ3n) is 2.23. The van der Waals surface area contributed by atoms with Gasteiger partial charge in [0.15, 0.2) is 6.29 Å². The largest absolute Gasteiger partial charge is 0.297 e. The monoisotopic (exact) mass is 263 g/mol. The third-order valence-corrected chi connectivity index (χ3v) is 3.46. The Morgan fingerprint density at radius 2 is 2.00 bits per heavy atom. The van der Waals surface area contributed by atoms with Gasteiger partial charge in [-0.3, -0.25) is 10.0 Å². The van der Waals surface area contributed by atoms with Crippen LogP contribution in [0.15, 0.2) is 41.8 Å². The van der Waals surface area contributed by atoms with E-state index in [2.05, 4.69) is 0 Å². The summed E-state index contributed by atoms with van der Waals surface area (Å²) < 4.78 is 0. The van der Waals surface area contributed by atoms with Crippen molar-refractivity contribution in [3.05, 3.63) is 52.2 Å². The highest BCUT2D eigenvalue weighted by atomic mass is 32.1. The Bertz CT molecular complexity index is 536. The number of hydrogen-bond donors (Lipinski definition) is 1. The Morgan fingerprint density at radius 3 is 2.65 bits per heavy atom. The van der Waals surface area contributed by atoms with E-state index in [4.69, 9.17) is 12.2 Å². The molecule has 3 nitrogen and oxygen atoms in total. The van der Waals surface area contributed by atoms with E-state index in [1.807, 2.05) is 6.07 Å². The molecule has 0 atom stereocenters. The molecule has 2 aromatic rings. The molecule has 86 valence electrons. The second-order valence-electron chi connectivity index (χ2n) is 3.27. The summed E-state index contributed by atoms with van der Waals surface area (Å²) in [5.41, 5.74) is 1.15. The summed E-state index contributed by atoms with van der Waals surface area (Å²) in [5, 5.41) is 12.6. The van der Waals surface area contributed by atoms with Crippen molar-refractivity contribution in [3.63, 3.8) is 0 Å². The fourth-order valence-corrected chi connectivity index (χ4v) is 2.44. The van der Waals surface area contributed by atoms with Gasteiger partial charge in [0.1, 0.15) is 4.99 Å². The van der Waals surface area contributed by atoms with Crippen LogP contribution in [-0.4, -0.2) is 16.5 Å². The zero-order valence-electron chi connectivity index (χ0n) is 8.74. The average Bonchev–Trinajstić information content (AvgIpc) is 2.86. The predicted molar refractivity (Wildman–Crippen MR) is 72.1 cm³/mol. The van der Waals surface area contributed by atoms with Crippen LogP contribution in [0.5, 0.6) is 0 Å². The highest BCUT2D eigenvalue weighted by Crippen LogP contribution is 2.20. The first-order valence-corrected chi connectivity index (χ1v) is 6.14. The van der Waals surface area contributed by atoms with Crippen LogP contribution in [0.3, 0.4) is 0 Å². The van der Waals surface area contributed by atoms with Crippen LogP contribution < -0.4 is 5.06 Å². The van der Waals surface area contributed by atoms with Crippen LogP contribution in [0.4, 0.5) is 5.69 Å². The van der Waals surface area contributed by atoms with E-state index in [1.54, 1.807) is 35.7 Å². The maximum absolute atomic E-state index is 10.8. The SMILES string of the molecule is O=Cc1sccc1C(=S)N(O)c1ccccc1. The molecule has 0 unspecified atom stereocenters. The van der Waals surface area contributed by atoms with Crippen molar-refractivity contribution in [2.24, 2.45) is 0 Å². The molecule has 1 N–H and O–H groups in total. The summed E-state index contributed by atoms with van der Waals surface area (Å²) in [6.07, 6.45) is 0.741. The Kier molecular flexibility index (Phi) is 3.63. The molecule has 0 saturated carbocycles. The summed E-state index contributed by atoms with van der Waals surface area (Å²) in [6.45, 7) is 0. The Labute approximate surface area is 108 Å². The first-order valence-electron chi connectivity index (χ1n) is 4.85. The molecule has 0 amide bonds. The van der Waals surface area contributed by atoms with Crippen molar-refractivity contribution in [1.29, 1.82) is 0 Å². The van der Waals surface area contributed by atoms with Crippen LogP contribution in [-0.2, 0) is 0 Å². The zero-order chi connectivity index (χ0) is 12.3. The minimum Gasteiger partial charge on any atom is -0.297 e. The number of aldehydes is 1. The van der Waals surface area contributed by atoms with E-state index in [0.29, 0.717) is 16.1 Å². The second kappa shape index (κ2) is 5.18. The molecule has 0 saturated heterocycles. The van der Waals surface area contributed by atoms with Crippen LogP contribution in [0.1, 0.15) is 15.2 Å². The number of nitrogens with zero attached hydrogens (tertiary/aromatic N) is 1. The number of para-hydroxylation sites is 1. The molecule has 0 aliphatic rings.